The molecule has 10 heteroatoms. The second-order valence-corrected chi connectivity index (χ2v) is 7.13. The number of hydrazine groups is 1. The van der Waals surface area contributed by atoms with Crippen molar-refractivity contribution < 1.29 is 19.1 Å². The molecule has 0 saturated heterocycles. The Morgan fingerprint density at radius 1 is 1.17 bits per heavy atom. The molecule has 7 nitrogen and oxygen atoms in total. The number of nitrogens with one attached hydrogen (secondary N) is 3. The van der Waals surface area contributed by atoms with Crippen LogP contribution in [-0.4, -0.2) is 30.6 Å². The Hall–Kier alpha value is -2.62. The summed E-state index contributed by atoms with van der Waals surface area (Å²) in [6, 6.07) is 12.2. The average molecular weight is 499 g/mol. The van der Waals surface area contributed by atoms with Crippen LogP contribution in [0.25, 0.3) is 6.08 Å². The number of rotatable bonds is 6. The minimum absolute atomic E-state index is 0.0688. The Labute approximate surface area is 186 Å². The van der Waals surface area contributed by atoms with E-state index in [0.29, 0.717) is 21.0 Å². The summed E-state index contributed by atoms with van der Waals surface area (Å²) in [5, 5.41) is 2.88. The highest BCUT2D eigenvalue weighted by molar-refractivity contribution is 9.10. The van der Waals surface area contributed by atoms with Crippen molar-refractivity contribution in [1.82, 2.24) is 16.2 Å². The van der Waals surface area contributed by atoms with Crippen LogP contribution in [-0.2, 0) is 9.59 Å². The number of ether oxygens (including phenoxy) is 2. The summed E-state index contributed by atoms with van der Waals surface area (Å²) in [6.45, 7) is -0.266. The van der Waals surface area contributed by atoms with Crippen molar-refractivity contribution in [1.29, 1.82) is 0 Å². The Kier molecular flexibility index (Phi) is 8.91. The summed E-state index contributed by atoms with van der Waals surface area (Å²) >= 11 is 14.1. The smallest absolute Gasteiger partial charge is 0.276 e. The SMILES string of the molecule is COc1ccccc1/C=C/C(=O)NC(=S)NNC(=O)COc1ccc(Cl)cc1Br. The van der Waals surface area contributed by atoms with Gasteiger partial charge in [0.15, 0.2) is 11.7 Å². The number of para-hydroxylation sites is 1. The van der Waals surface area contributed by atoms with Gasteiger partial charge in [-0.25, -0.2) is 0 Å². The minimum Gasteiger partial charge on any atom is -0.496 e. The Morgan fingerprint density at radius 3 is 2.66 bits per heavy atom. The second kappa shape index (κ2) is 11.4. The molecule has 0 aliphatic heterocycles. The predicted octanol–water partition coefficient (Wildman–Crippen LogP) is 3.23. The van der Waals surface area contributed by atoms with E-state index in [1.54, 1.807) is 43.5 Å². The lowest BCUT2D eigenvalue weighted by Crippen LogP contribution is -2.49. The van der Waals surface area contributed by atoms with Gasteiger partial charge < -0.3 is 9.47 Å². The number of carbonyl (C=O) groups is 2. The minimum atomic E-state index is -0.493. The number of thiocarbonyl (C=S) groups is 1. The zero-order chi connectivity index (χ0) is 21.2. The first-order chi connectivity index (χ1) is 13.9. The molecular formula is C19H17BrClN3O4S. The molecule has 2 aromatic carbocycles. The summed E-state index contributed by atoms with van der Waals surface area (Å²) < 4.78 is 11.2. The van der Waals surface area contributed by atoms with Crippen LogP contribution < -0.4 is 25.6 Å². The van der Waals surface area contributed by atoms with E-state index in [1.165, 1.54) is 6.08 Å². The third-order valence-corrected chi connectivity index (χ3v) is 4.42. The first-order valence-corrected chi connectivity index (χ1v) is 9.75. The molecular weight excluding hydrogens is 482 g/mol. The summed E-state index contributed by atoms with van der Waals surface area (Å²) in [5.41, 5.74) is 5.49. The van der Waals surface area contributed by atoms with Crippen LogP contribution in [0.3, 0.4) is 0 Å². The molecule has 3 N–H and O–H groups in total. The maximum absolute atomic E-state index is 11.9. The lowest BCUT2D eigenvalue weighted by Gasteiger charge is -2.11. The lowest BCUT2D eigenvalue weighted by molar-refractivity contribution is -0.123. The van der Waals surface area contributed by atoms with Gasteiger partial charge in [-0.05, 0) is 58.5 Å². The molecule has 2 aromatic rings. The Bertz CT molecular complexity index is 939. The van der Waals surface area contributed by atoms with Gasteiger partial charge in [0.05, 0.1) is 11.6 Å². The van der Waals surface area contributed by atoms with Crippen molar-refractivity contribution in [2.24, 2.45) is 0 Å². The fourth-order valence-corrected chi connectivity index (χ4v) is 3.00. The van der Waals surface area contributed by atoms with Crippen LogP contribution in [0, 0.1) is 0 Å². The van der Waals surface area contributed by atoms with Gasteiger partial charge >= 0.3 is 0 Å². The third kappa shape index (κ3) is 7.72. The molecule has 0 aliphatic carbocycles. The van der Waals surface area contributed by atoms with Crippen LogP contribution >= 0.6 is 39.7 Å². The van der Waals surface area contributed by atoms with Crippen LogP contribution in [0.2, 0.25) is 5.02 Å². The molecule has 0 unspecified atom stereocenters. The van der Waals surface area contributed by atoms with Crippen LogP contribution in [0.5, 0.6) is 11.5 Å². The molecule has 0 radical (unpaired) electrons. The molecule has 0 atom stereocenters. The van der Waals surface area contributed by atoms with E-state index < -0.39 is 11.8 Å². The largest absolute Gasteiger partial charge is 0.496 e. The molecule has 2 rings (SSSR count). The Balaban J connectivity index is 1.75. The van der Waals surface area contributed by atoms with Gasteiger partial charge in [0, 0.05) is 16.7 Å². The molecule has 0 aliphatic rings. The maximum Gasteiger partial charge on any atom is 0.276 e. The average Bonchev–Trinajstić information content (AvgIpc) is 2.70. The van der Waals surface area contributed by atoms with Gasteiger partial charge in [-0.15, -0.1) is 0 Å². The van der Waals surface area contributed by atoms with Crippen molar-refractivity contribution in [2.75, 3.05) is 13.7 Å². The number of hydrogen-bond acceptors (Lipinski definition) is 5. The van der Waals surface area contributed by atoms with Gasteiger partial charge in [-0.3, -0.25) is 25.8 Å². The summed E-state index contributed by atoms with van der Waals surface area (Å²) in [4.78, 5) is 23.8. The third-order valence-electron chi connectivity index (χ3n) is 3.36. The van der Waals surface area contributed by atoms with E-state index in [-0.39, 0.29) is 11.7 Å². The topological polar surface area (TPSA) is 88.7 Å². The summed E-state index contributed by atoms with van der Waals surface area (Å²) in [7, 11) is 1.55. The highest BCUT2D eigenvalue weighted by atomic mass is 79.9. The molecule has 0 fully saturated rings. The van der Waals surface area contributed by atoms with Gasteiger partial charge in [0.1, 0.15) is 11.5 Å². The monoisotopic (exact) mass is 497 g/mol. The van der Waals surface area contributed by atoms with Crippen LogP contribution in [0.4, 0.5) is 0 Å². The summed E-state index contributed by atoms with van der Waals surface area (Å²) in [6.07, 6.45) is 2.89. The number of methoxy groups -OCH3 is 1. The number of halogens is 2. The second-order valence-electron chi connectivity index (χ2n) is 5.43. The van der Waals surface area contributed by atoms with E-state index in [2.05, 4.69) is 32.1 Å². The quantitative estimate of drug-likeness (QED) is 0.322. The summed E-state index contributed by atoms with van der Waals surface area (Å²) in [5.74, 6) is 0.135. The molecule has 0 aromatic heterocycles. The highest BCUT2D eigenvalue weighted by Crippen LogP contribution is 2.27. The van der Waals surface area contributed by atoms with Crippen LogP contribution in [0.15, 0.2) is 53.0 Å². The number of hydrogen-bond donors (Lipinski definition) is 3. The lowest BCUT2D eigenvalue weighted by atomic mass is 10.2. The number of carbonyl (C=O) groups excluding carboxylic acids is 2. The van der Waals surface area contributed by atoms with Crippen molar-refractivity contribution in [3.63, 3.8) is 0 Å². The first-order valence-electron chi connectivity index (χ1n) is 8.18. The fourth-order valence-electron chi connectivity index (χ4n) is 2.05. The highest BCUT2D eigenvalue weighted by Gasteiger charge is 2.07. The van der Waals surface area contributed by atoms with Gasteiger partial charge in [0.25, 0.3) is 5.91 Å². The zero-order valence-electron chi connectivity index (χ0n) is 15.2. The normalized spacial score (nSPS) is 10.3. The molecule has 0 bridgehead atoms. The molecule has 152 valence electrons. The van der Waals surface area contributed by atoms with Crippen molar-refractivity contribution in [3.05, 3.63) is 63.6 Å². The van der Waals surface area contributed by atoms with E-state index >= 15 is 0 Å². The standard InChI is InChI=1S/C19H17BrClN3O4S/c1-27-15-5-3-2-4-12(15)6-9-17(25)22-19(29)24-23-18(26)11-28-16-8-7-13(21)10-14(16)20/h2-10H,11H2,1H3,(H,23,26)(H2,22,24,25,29)/b9-6+. The molecule has 0 heterocycles. The van der Waals surface area contributed by atoms with E-state index in [9.17, 15) is 9.59 Å². The van der Waals surface area contributed by atoms with E-state index in [0.717, 1.165) is 5.56 Å². The number of amides is 2. The van der Waals surface area contributed by atoms with E-state index in [4.69, 9.17) is 33.3 Å². The van der Waals surface area contributed by atoms with Crippen molar-refractivity contribution >= 4 is 62.8 Å². The van der Waals surface area contributed by atoms with E-state index in [1.807, 2.05) is 12.1 Å². The van der Waals surface area contributed by atoms with Crippen molar-refractivity contribution in [2.45, 2.75) is 0 Å². The van der Waals surface area contributed by atoms with Crippen LogP contribution in [0.1, 0.15) is 5.56 Å². The molecule has 0 saturated carbocycles. The maximum atomic E-state index is 11.9. The zero-order valence-corrected chi connectivity index (χ0v) is 18.4. The molecule has 2 amide bonds. The van der Waals surface area contributed by atoms with Gasteiger partial charge in [-0.2, -0.15) is 0 Å². The first kappa shape index (κ1) is 22.7. The molecule has 0 spiro atoms. The predicted molar refractivity (Wildman–Crippen MR) is 119 cm³/mol. The Morgan fingerprint density at radius 2 is 1.93 bits per heavy atom. The van der Waals surface area contributed by atoms with Gasteiger partial charge in [0.2, 0.25) is 5.91 Å². The number of benzene rings is 2. The van der Waals surface area contributed by atoms with Gasteiger partial charge in [-0.1, -0.05) is 29.8 Å². The fraction of sp³-hybridized carbons (Fsp3) is 0.105. The van der Waals surface area contributed by atoms with Crippen molar-refractivity contribution in [3.8, 4) is 11.5 Å². The molecule has 29 heavy (non-hydrogen) atoms.